The van der Waals surface area contributed by atoms with Crippen LogP contribution in [0.4, 0.5) is 19.1 Å². The summed E-state index contributed by atoms with van der Waals surface area (Å²) in [5, 5.41) is 16.1. The van der Waals surface area contributed by atoms with Gasteiger partial charge in [-0.3, -0.25) is 4.79 Å². The van der Waals surface area contributed by atoms with E-state index in [1.165, 1.54) is 18.3 Å². The molecule has 2 atom stereocenters. The Morgan fingerprint density at radius 2 is 1.82 bits per heavy atom. The summed E-state index contributed by atoms with van der Waals surface area (Å²) in [6.07, 6.45) is 3.04. The molecule has 1 amide bonds. The Labute approximate surface area is 257 Å². The highest BCUT2D eigenvalue weighted by molar-refractivity contribution is 7.90. The number of pyridine rings is 1. The van der Waals surface area contributed by atoms with Crippen LogP contribution < -0.4 is 10.6 Å². The molecule has 10 nitrogen and oxygen atoms in total. The van der Waals surface area contributed by atoms with E-state index < -0.39 is 21.8 Å². The number of carbonyl (C=O) groups is 1. The molecule has 2 saturated carbocycles. The van der Waals surface area contributed by atoms with Crippen LogP contribution in [-0.2, 0) is 21.0 Å². The van der Waals surface area contributed by atoms with Gasteiger partial charge in [-0.2, -0.15) is 18.4 Å². The van der Waals surface area contributed by atoms with E-state index in [4.69, 9.17) is 0 Å². The number of carbonyl (C=O) groups excluding carboxylic acids is 1. The standard InChI is InChI=1S/C31H30F3N7O3S/c1-18-6-8-23(9-7-18)45(43,44)41-17-25(24-12-20(31(32,33)34)16-36-27(24)41)26-19(14-35)15-37-29(40-26)39-22-5-3-4-21(13-22)38-28(42)30(2)10-11-30/h6-9,12,15-17,21-22H,3-5,10-11,13H2,1-2H3,(H,38,42)(H,37,39,40)/t21-,22+/m1/s1. The summed E-state index contributed by atoms with van der Waals surface area (Å²) in [5.74, 6) is 0.172. The maximum Gasteiger partial charge on any atom is 0.417 e. The van der Waals surface area contributed by atoms with Gasteiger partial charge < -0.3 is 10.6 Å². The second-order valence-electron chi connectivity index (χ2n) is 12.1. The molecule has 4 aromatic rings. The first-order valence-corrected chi connectivity index (χ1v) is 16.0. The van der Waals surface area contributed by atoms with E-state index >= 15 is 0 Å². The van der Waals surface area contributed by atoms with Gasteiger partial charge in [0, 0.05) is 40.8 Å². The molecule has 2 aliphatic rings. The first-order chi connectivity index (χ1) is 21.3. The minimum atomic E-state index is -4.75. The molecule has 0 bridgehead atoms. The number of amides is 1. The number of nitrogens with one attached hydrogen (secondary N) is 2. The fourth-order valence-electron chi connectivity index (χ4n) is 5.58. The van der Waals surface area contributed by atoms with Crippen LogP contribution in [0.5, 0.6) is 0 Å². The predicted octanol–water partition coefficient (Wildman–Crippen LogP) is 5.57. The maximum absolute atomic E-state index is 13.8. The zero-order valence-electron chi connectivity index (χ0n) is 24.5. The van der Waals surface area contributed by atoms with Gasteiger partial charge in [0.25, 0.3) is 10.0 Å². The molecular formula is C31H30F3N7O3S. The summed E-state index contributed by atoms with van der Waals surface area (Å²) in [7, 11) is -4.30. The number of nitriles is 1. The molecular weight excluding hydrogens is 607 g/mol. The summed E-state index contributed by atoms with van der Waals surface area (Å²) in [6.45, 7) is 3.74. The Kier molecular flexibility index (Phi) is 7.55. The number of halogens is 3. The van der Waals surface area contributed by atoms with Crippen LogP contribution in [0.1, 0.15) is 62.1 Å². The SMILES string of the molecule is Cc1ccc(S(=O)(=O)n2cc(-c3nc(N[C@H]4CCC[C@@H](NC(=O)C5(C)CC5)C4)ncc3C#N)c3cc(C(F)(F)F)cnc32)cc1. The highest BCUT2D eigenvalue weighted by Crippen LogP contribution is 2.45. The summed E-state index contributed by atoms with van der Waals surface area (Å²) in [6, 6.07) is 8.65. The van der Waals surface area contributed by atoms with Crippen molar-refractivity contribution in [2.75, 3.05) is 5.32 Å². The number of alkyl halides is 3. The van der Waals surface area contributed by atoms with Crippen LogP contribution in [0.2, 0.25) is 0 Å². The van der Waals surface area contributed by atoms with Crippen LogP contribution in [-0.4, -0.2) is 45.3 Å². The molecule has 2 N–H and O–H groups in total. The lowest BCUT2D eigenvalue weighted by Gasteiger charge is -2.31. The average Bonchev–Trinajstić information content (AvgIpc) is 3.64. The first-order valence-electron chi connectivity index (χ1n) is 14.5. The molecule has 2 aliphatic carbocycles. The minimum absolute atomic E-state index is 0.0206. The third kappa shape index (κ3) is 5.96. The van der Waals surface area contributed by atoms with E-state index in [-0.39, 0.29) is 62.1 Å². The van der Waals surface area contributed by atoms with Gasteiger partial charge in [-0.1, -0.05) is 24.6 Å². The summed E-state index contributed by atoms with van der Waals surface area (Å²) >= 11 is 0. The van der Waals surface area contributed by atoms with Crippen LogP contribution >= 0.6 is 0 Å². The summed E-state index contributed by atoms with van der Waals surface area (Å²) in [4.78, 5) is 25.2. The van der Waals surface area contributed by atoms with Gasteiger partial charge in [0.1, 0.15) is 6.07 Å². The monoisotopic (exact) mass is 637 g/mol. The van der Waals surface area contributed by atoms with E-state index in [1.807, 2.05) is 13.0 Å². The van der Waals surface area contributed by atoms with Crippen molar-refractivity contribution in [3.05, 3.63) is 65.6 Å². The third-order valence-electron chi connectivity index (χ3n) is 8.57. The second kappa shape index (κ2) is 11.1. The molecule has 2 fully saturated rings. The zero-order chi connectivity index (χ0) is 32.1. The molecule has 14 heteroatoms. The Hall–Kier alpha value is -4.51. The Balaban J connectivity index is 1.39. The number of aryl methyl sites for hydroxylation is 1. The largest absolute Gasteiger partial charge is 0.417 e. The highest BCUT2D eigenvalue weighted by Gasteiger charge is 2.45. The van der Waals surface area contributed by atoms with Gasteiger partial charge in [0.15, 0.2) is 5.65 Å². The summed E-state index contributed by atoms with van der Waals surface area (Å²) in [5.41, 5.74) is -0.916. The highest BCUT2D eigenvalue weighted by atomic mass is 32.2. The Morgan fingerprint density at radius 1 is 1.11 bits per heavy atom. The average molecular weight is 638 g/mol. The quantitative estimate of drug-likeness (QED) is 0.268. The molecule has 0 unspecified atom stereocenters. The third-order valence-corrected chi connectivity index (χ3v) is 10.2. The van der Waals surface area contributed by atoms with Crippen molar-refractivity contribution in [3.8, 4) is 17.3 Å². The molecule has 3 heterocycles. The number of aromatic nitrogens is 4. The molecule has 0 radical (unpaired) electrons. The molecule has 45 heavy (non-hydrogen) atoms. The molecule has 3 aromatic heterocycles. The molecule has 0 aliphatic heterocycles. The van der Waals surface area contributed by atoms with Crippen molar-refractivity contribution >= 4 is 32.9 Å². The first kappa shape index (κ1) is 30.5. The molecule has 0 spiro atoms. The van der Waals surface area contributed by atoms with Crippen molar-refractivity contribution in [3.63, 3.8) is 0 Å². The van der Waals surface area contributed by atoms with Crippen molar-refractivity contribution in [1.82, 2.24) is 24.2 Å². The fourth-order valence-corrected chi connectivity index (χ4v) is 6.90. The van der Waals surface area contributed by atoms with Gasteiger partial charge in [-0.15, -0.1) is 0 Å². The maximum atomic E-state index is 13.8. The van der Waals surface area contributed by atoms with Crippen molar-refractivity contribution in [1.29, 1.82) is 5.26 Å². The minimum Gasteiger partial charge on any atom is -0.353 e. The lowest BCUT2D eigenvalue weighted by atomic mass is 9.90. The van der Waals surface area contributed by atoms with Crippen LogP contribution in [0, 0.1) is 23.7 Å². The molecule has 0 saturated heterocycles. The number of benzene rings is 1. The number of hydrogen-bond donors (Lipinski definition) is 2. The van der Waals surface area contributed by atoms with Gasteiger partial charge in [0.2, 0.25) is 11.9 Å². The second-order valence-corrected chi connectivity index (χ2v) is 13.9. The lowest BCUT2D eigenvalue weighted by molar-refractivity contribution is -0.137. The number of anilines is 1. The predicted molar refractivity (Wildman–Crippen MR) is 159 cm³/mol. The normalized spacial score (nSPS) is 19.6. The zero-order valence-corrected chi connectivity index (χ0v) is 25.3. The van der Waals surface area contributed by atoms with Crippen LogP contribution in [0.15, 0.2) is 53.8 Å². The lowest BCUT2D eigenvalue weighted by Crippen LogP contribution is -2.44. The van der Waals surface area contributed by atoms with Gasteiger partial charge in [-0.25, -0.2) is 27.3 Å². The van der Waals surface area contributed by atoms with E-state index in [1.54, 1.807) is 19.1 Å². The van der Waals surface area contributed by atoms with Crippen LogP contribution in [0.3, 0.4) is 0 Å². The topological polar surface area (TPSA) is 143 Å². The smallest absolute Gasteiger partial charge is 0.353 e. The van der Waals surface area contributed by atoms with Gasteiger partial charge in [0.05, 0.1) is 27.9 Å². The van der Waals surface area contributed by atoms with Gasteiger partial charge in [-0.05, 0) is 63.6 Å². The van der Waals surface area contributed by atoms with E-state index in [0.717, 1.165) is 53.9 Å². The summed E-state index contributed by atoms with van der Waals surface area (Å²) < 4.78 is 69.5. The molecule has 1 aromatic carbocycles. The molecule has 6 rings (SSSR count). The molecule has 234 valence electrons. The van der Waals surface area contributed by atoms with Crippen LogP contribution in [0.25, 0.3) is 22.3 Å². The Bertz CT molecular complexity index is 1950. The van der Waals surface area contributed by atoms with Crippen molar-refractivity contribution in [2.24, 2.45) is 5.41 Å². The van der Waals surface area contributed by atoms with Crippen molar-refractivity contribution < 1.29 is 26.4 Å². The fraction of sp³-hybridized carbons (Fsp3) is 0.387. The number of fused-ring (bicyclic) bond motifs is 1. The number of hydrogen-bond acceptors (Lipinski definition) is 8. The van der Waals surface area contributed by atoms with Crippen molar-refractivity contribution in [2.45, 2.75) is 75.5 Å². The van der Waals surface area contributed by atoms with E-state index in [0.29, 0.717) is 12.6 Å². The van der Waals surface area contributed by atoms with E-state index in [2.05, 4.69) is 25.6 Å². The number of nitrogens with zero attached hydrogens (tertiary/aromatic N) is 5. The van der Waals surface area contributed by atoms with Gasteiger partial charge >= 0.3 is 6.18 Å². The Morgan fingerprint density at radius 3 is 2.49 bits per heavy atom. The van der Waals surface area contributed by atoms with E-state index in [9.17, 15) is 31.6 Å². The number of rotatable bonds is 7.